The van der Waals surface area contributed by atoms with Crippen molar-refractivity contribution in [1.82, 2.24) is 20.5 Å². The standard InChI is InChI=1S/C20H22N4O3/c25-18(22-14-16-8-11-21-12-9-16)7-6-17-19(26)24(20(27)23-17)13-10-15-4-2-1-3-5-15/h1-5,8-9,11-12,17H,6-7,10,13-14H2,(H,22,25)(H,23,27). The predicted octanol–water partition coefficient (Wildman–Crippen LogP) is 1.64. The molecule has 140 valence electrons. The number of carbonyl (C=O) groups excluding carboxylic acids is 3. The molecule has 0 saturated carbocycles. The van der Waals surface area contributed by atoms with Gasteiger partial charge in [0.2, 0.25) is 5.91 Å². The van der Waals surface area contributed by atoms with E-state index in [1.54, 1.807) is 12.4 Å². The fourth-order valence-corrected chi connectivity index (χ4v) is 2.93. The smallest absolute Gasteiger partial charge is 0.324 e. The molecule has 1 atom stereocenters. The average Bonchev–Trinajstić information content (AvgIpc) is 2.97. The van der Waals surface area contributed by atoms with E-state index in [-0.39, 0.29) is 24.7 Å². The Bertz CT molecular complexity index is 795. The number of rotatable bonds is 8. The minimum Gasteiger partial charge on any atom is -0.352 e. The van der Waals surface area contributed by atoms with Crippen LogP contribution in [0.4, 0.5) is 4.79 Å². The highest BCUT2D eigenvalue weighted by molar-refractivity contribution is 6.04. The molecule has 0 spiro atoms. The number of imide groups is 1. The number of hydrogen-bond donors (Lipinski definition) is 2. The molecule has 2 heterocycles. The van der Waals surface area contributed by atoms with Crippen LogP contribution in [0.5, 0.6) is 0 Å². The Balaban J connectivity index is 1.43. The zero-order valence-corrected chi connectivity index (χ0v) is 14.9. The van der Waals surface area contributed by atoms with Crippen molar-refractivity contribution in [3.05, 3.63) is 66.0 Å². The fraction of sp³-hybridized carbons (Fsp3) is 0.300. The zero-order chi connectivity index (χ0) is 19.1. The van der Waals surface area contributed by atoms with Crippen LogP contribution in [0.3, 0.4) is 0 Å². The molecule has 4 amide bonds. The van der Waals surface area contributed by atoms with Crippen molar-refractivity contribution in [2.75, 3.05) is 6.54 Å². The maximum absolute atomic E-state index is 12.4. The highest BCUT2D eigenvalue weighted by Gasteiger charge is 2.37. The van der Waals surface area contributed by atoms with Gasteiger partial charge >= 0.3 is 6.03 Å². The Morgan fingerprint density at radius 2 is 1.81 bits per heavy atom. The van der Waals surface area contributed by atoms with Gasteiger partial charge in [-0.15, -0.1) is 0 Å². The van der Waals surface area contributed by atoms with Crippen LogP contribution in [0.2, 0.25) is 0 Å². The first kappa shape index (κ1) is 18.6. The maximum atomic E-state index is 12.4. The van der Waals surface area contributed by atoms with Crippen LogP contribution in [0.1, 0.15) is 24.0 Å². The average molecular weight is 366 g/mol. The molecule has 1 aromatic heterocycles. The zero-order valence-electron chi connectivity index (χ0n) is 14.9. The first-order valence-corrected chi connectivity index (χ1v) is 8.95. The molecule has 2 aromatic rings. The third-order valence-electron chi connectivity index (χ3n) is 4.47. The van der Waals surface area contributed by atoms with Gasteiger partial charge in [-0.25, -0.2) is 4.79 Å². The van der Waals surface area contributed by atoms with Crippen LogP contribution >= 0.6 is 0 Å². The second-order valence-corrected chi connectivity index (χ2v) is 6.40. The first-order valence-electron chi connectivity index (χ1n) is 8.95. The molecule has 1 aromatic carbocycles. The Morgan fingerprint density at radius 1 is 1.07 bits per heavy atom. The van der Waals surface area contributed by atoms with E-state index in [9.17, 15) is 14.4 Å². The van der Waals surface area contributed by atoms with E-state index in [0.29, 0.717) is 19.5 Å². The largest absolute Gasteiger partial charge is 0.352 e. The third kappa shape index (κ3) is 5.13. The molecule has 0 bridgehead atoms. The predicted molar refractivity (Wildman–Crippen MR) is 99.5 cm³/mol. The number of aromatic nitrogens is 1. The van der Waals surface area contributed by atoms with Gasteiger partial charge in [-0.3, -0.25) is 19.5 Å². The number of pyridine rings is 1. The summed E-state index contributed by atoms with van der Waals surface area (Å²) < 4.78 is 0. The van der Waals surface area contributed by atoms with Gasteiger partial charge in [0.1, 0.15) is 6.04 Å². The molecule has 7 heteroatoms. The van der Waals surface area contributed by atoms with Gasteiger partial charge in [-0.05, 0) is 36.1 Å². The van der Waals surface area contributed by atoms with Crippen molar-refractivity contribution >= 4 is 17.8 Å². The molecule has 27 heavy (non-hydrogen) atoms. The van der Waals surface area contributed by atoms with Gasteiger partial charge in [-0.1, -0.05) is 30.3 Å². The molecule has 1 aliphatic rings. The lowest BCUT2D eigenvalue weighted by atomic mass is 10.1. The minimum atomic E-state index is -0.639. The minimum absolute atomic E-state index is 0.156. The van der Waals surface area contributed by atoms with E-state index in [4.69, 9.17) is 0 Å². The summed E-state index contributed by atoms with van der Waals surface area (Å²) in [5, 5.41) is 5.47. The summed E-state index contributed by atoms with van der Waals surface area (Å²) in [4.78, 5) is 41.6. The highest BCUT2D eigenvalue weighted by atomic mass is 16.2. The van der Waals surface area contributed by atoms with E-state index < -0.39 is 12.1 Å². The van der Waals surface area contributed by atoms with E-state index in [1.165, 1.54) is 4.90 Å². The molecule has 1 aliphatic heterocycles. The van der Waals surface area contributed by atoms with Crippen LogP contribution in [-0.4, -0.2) is 40.3 Å². The normalized spacial score (nSPS) is 16.3. The van der Waals surface area contributed by atoms with Gasteiger partial charge in [-0.2, -0.15) is 0 Å². The lowest BCUT2D eigenvalue weighted by molar-refractivity contribution is -0.127. The van der Waals surface area contributed by atoms with Crippen molar-refractivity contribution in [2.24, 2.45) is 0 Å². The van der Waals surface area contributed by atoms with Crippen molar-refractivity contribution in [3.63, 3.8) is 0 Å². The monoisotopic (exact) mass is 366 g/mol. The second kappa shape index (κ2) is 8.93. The van der Waals surface area contributed by atoms with Crippen LogP contribution in [0.15, 0.2) is 54.9 Å². The molecular weight excluding hydrogens is 344 g/mol. The van der Waals surface area contributed by atoms with Gasteiger partial charge < -0.3 is 10.6 Å². The summed E-state index contributed by atoms with van der Waals surface area (Å²) in [7, 11) is 0. The lowest BCUT2D eigenvalue weighted by Crippen LogP contribution is -2.33. The second-order valence-electron chi connectivity index (χ2n) is 6.40. The van der Waals surface area contributed by atoms with Crippen LogP contribution in [0, 0.1) is 0 Å². The number of urea groups is 1. The Labute approximate surface area is 157 Å². The topological polar surface area (TPSA) is 91.4 Å². The number of amides is 4. The SMILES string of the molecule is O=C(CCC1NC(=O)N(CCc2ccccc2)C1=O)NCc1ccncc1. The summed E-state index contributed by atoms with van der Waals surface area (Å²) >= 11 is 0. The van der Waals surface area contributed by atoms with Crippen LogP contribution in [0.25, 0.3) is 0 Å². The molecule has 2 N–H and O–H groups in total. The third-order valence-corrected chi connectivity index (χ3v) is 4.47. The molecule has 0 aliphatic carbocycles. The molecule has 1 unspecified atom stereocenters. The summed E-state index contributed by atoms with van der Waals surface area (Å²) in [5.74, 6) is -0.422. The van der Waals surface area contributed by atoms with E-state index in [0.717, 1.165) is 11.1 Å². The summed E-state index contributed by atoms with van der Waals surface area (Å²) in [6, 6.07) is 12.3. The summed E-state index contributed by atoms with van der Waals surface area (Å²) in [5.41, 5.74) is 2.02. The Hall–Kier alpha value is -3.22. The highest BCUT2D eigenvalue weighted by Crippen LogP contribution is 2.13. The Morgan fingerprint density at radius 3 is 2.56 bits per heavy atom. The summed E-state index contributed by atoms with van der Waals surface area (Å²) in [6.45, 7) is 0.745. The number of nitrogens with one attached hydrogen (secondary N) is 2. The molecule has 3 rings (SSSR count). The number of carbonyl (C=O) groups is 3. The number of nitrogens with zero attached hydrogens (tertiary/aromatic N) is 2. The fourth-order valence-electron chi connectivity index (χ4n) is 2.93. The lowest BCUT2D eigenvalue weighted by Gasteiger charge is -2.13. The van der Waals surface area contributed by atoms with Crippen molar-refractivity contribution < 1.29 is 14.4 Å². The molecule has 1 saturated heterocycles. The number of benzene rings is 1. The maximum Gasteiger partial charge on any atom is 0.324 e. The van der Waals surface area contributed by atoms with Gasteiger partial charge in [0, 0.05) is 31.9 Å². The first-order chi connectivity index (χ1) is 13.1. The Kier molecular flexibility index (Phi) is 6.14. The molecule has 1 fully saturated rings. The quantitative estimate of drug-likeness (QED) is 0.695. The summed E-state index contributed by atoms with van der Waals surface area (Å²) in [6.07, 6.45) is 4.40. The molecule has 0 radical (unpaired) electrons. The van der Waals surface area contributed by atoms with Crippen LogP contribution in [-0.2, 0) is 22.6 Å². The van der Waals surface area contributed by atoms with Crippen molar-refractivity contribution in [1.29, 1.82) is 0 Å². The van der Waals surface area contributed by atoms with Gasteiger partial charge in [0.25, 0.3) is 5.91 Å². The van der Waals surface area contributed by atoms with Gasteiger partial charge in [0.05, 0.1) is 0 Å². The van der Waals surface area contributed by atoms with E-state index in [2.05, 4.69) is 15.6 Å². The number of hydrogen-bond acceptors (Lipinski definition) is 4. The van der Waals surface area contributed by atoms with Gasteiger partial charge in [0.15, 0.2) is 0 Å². The van der Waals surface area contributed by atoms with E-state index >= 15 is 0 Å². The molecule has 7 nitrogen and oxygen atoms in total. The van der Waals surface area contributed by atoms with Crippen LogP contribution < -0.4 is 10.6 Å². The van der Waals surface area contributed by atoms with Crippen molar-refractivity contribution in [2.45, 2.75) is 31.8 Å². The van der Waals surface area contributed by atoms with E-state index in [1.807, 2.05) is 42.5 Å². The van der Waals surface area contributed by atoms with Crippen molar-refractivity contribution in [3.8, 4) is 0 Å². The molecular formula is C20H22N4O3.